The van der Waals surface area contributed by atoms with E-state index in [0.29, 0.717) is 0 Å². The summed E-state index contributed by atoms with van der Waals surface area (Å²) in [5.41, 5.74) is 5.39. The predicted molar refractivity (Wildman–Crippen MR) is 131 cm³/mol. The maximum atomic E-state index is 12.7. The molecule has 0 radical (unpaired) electrons. The Hall–Kier alpha value is -2.96. The molecule has 6 heteroatoms. The van der Waals surface area contributed by atoms with Crippen molar-refractivity contribution in [2.24, 2.45) is 0 Å². The van der Waals surface area contributed by atoms with Crippen LogP contribution in [0.25, 0.3) is 0 Å². The molecule has 0 aliphatic heterocycles. The van der Waals surface area contributed by atoms with Gasteiger partial charge in [0.1, 0.15) is 6.61 Å². The normalized spacial score (nSPS) is 11.9. The number of sulfonamides is 1. The third-order valence-corrected chi connectivity index (χ3v) is 7.00. The van der Waals surface area contributed by atoms with E-state index in [1.54, 1.807) is 12.1 Å². The molecule has 1 N–H and O–H groups in total. The molecule has 0 aliphatic carbocycles. The molecular formula is C27H31NO4S. The zero-order valence-electron chi connectivity index (χ0n) is 19.8. The molecule has 0 spiro atoms. The van der Waals surface area contributed by atoms with Crippen molar-refractivity contribution in [2.45, 2.75) is 58.1 Å². The maximum Gasteiger partial charge on any atom is 0.338 e. The molecule has 0 bridgehead atoms. The number of ether oxygens (including phenoxy) is 1. The first-order valence-corrected chi connectivity index (χ1v) is 12.4. The molecule has 0 aromatic heterocycles. The van der Waals surface area contributed by atoms with Gasteiger partial charge in [-0.2, -0.15) is 0 Å². The van der Waals surface area contributed by atoms with Crippen LogP contribution in [0, 0.1) is 13.8 Å². The van der Waals surface area contributed by atoms with Gasteiger partial charge in [0, 0.05) is 6.54 Å². The molecule has 0 amide bonds. The first kappa shape index (κ1) is 24.7. The van der Waals surface area contributed by atoms with Gasteiger partial charge in [0.05, 0.1) is 10.5 Å². The Morgan fingerprint density at radius 1 is 0.909 bits per heavy atom. The fraction of sp³-hybridized carbons (Fsp3) is 0.296. The van der Waals surface area contributed by atoms with E-state index >= 15 is 0 Å². The largest absolute Gasteiger partial charge is 0.457 e. The van der Waals surface area contributed by atoms with E-state index in [9.17, 15) is 13.2 Å². The highest BCUT2D eigenvalue weighted by Crippen LogP contribution is 2.27. The number of carbonyl (C=O) groups is 1. The van der Waals surface area contributed by atoms with E-state index in [0.717, 1.165) is 22.3 Å². The third kappa shape index (κ3) is 6.30. The summed E-state index contributed by atoms with van der Waals surface area (Å²) < 4.78 is 33.5. The zero-order valence-corrected chi connectivity index (χ0v) is 20.6. The highest BCUT2D eigenvalue weighted by molar-refractivity contribution is 7.89. The highest BCUT2D eigenvalue weighted by atomic mass is 32.2. The quantitative estimate of drug-likeness (QED) is 0.472. The standard InChI is InChI=1S/C27H31NO4S/c1-19-14-23(27(3,4)5)15-20(2)25(19)18-32-26(29)22-12-9-13-24(16-22)33(30,31)28-17-21-10-7-6-8-11-21/h6-16,28H,17-18H2,1-5H3. The molecule has 0 atom stereocenters. The minimum absolute atomic E-state index is 0.0229. The lowest BCUT2D eigenvalue weighted by Crippen LogP contribution is -2.23. The summed E-state index contributed by atoms with van der Waals surface area (Å²) in [4.78, 5) is 12.7. The first-order chi connectivity index (χ1) is 15.5. The highest BCUT2D eigenvalue weighted by Gasteiger charge is 2.19. The van der Waals surface area contributed by atoms with E-state index in [-0.39, 0.29) is 29.0 Å². The molecule has 0 saturated heterocycles. The second-order valence-electron chi connectivity index (χ2n) is 9.25. The average molecular weight is 466 g/mol. The molecule has 5 nitrogen and oxygen atoms in total. The van der Waals surface area contributed by atoms with Gasteiger partial charge in [-0.05, 0) is 65.3 Å². The van der Waals surface area contributed by atoms with Crippen LogP contribution in [-0.2, 0) is 33.3 Å². The summed E-state index contributed by atoms with van der Waals surface area (Å²) in [6.07, 6.45) is 0. The third-order valence-electron chi connectivity index (χ3n) is 5.60. The van der Waals surface area contributed by atoms with Gasteiger partial charge in [-0.3, -0.25) is 0 Å². The van der Waals surface area contributed by atoms with Crippen LogP contribution in [0.1, 0.15) is 58.9 Å². The Kier molecular flexibility index (Phi) is 7.40. The van der Waals surface area contributed by atoms with Gasteiger partial charge in [-0.25, -0.2) is 17.9 Å². The average Bonchev–Trinajstić information content (AvgIpc) is 2.77. The smallest absolute Gasteiger partial charge is 0.338 e. The number of benzene rings is 3. The van der Waals surface area contributed by atoms with Crippen LogP contribution < -0.4 is 4.72 Å². The maximum absolute atomic E-state index is 12.7. The zero-order chi connectivity index (χ0) is 24.2. The fourth-order valence-electron chi connectivity index (χ4n) is 3.52. The Balaban J connectivity index is 1.71. The van der Waals surface area contributed by atoms with Crippen molar-refractivity contribution in [3.63, 3.8) is 0 Å². The molecule has 0 fully saturated rings. The summed E-state index contributed by atoms with van der Waals surface area (Å²) in [6.45, 7) is 10.8. The van der Waals surface area contributed by atoms with Crippen molar-refractivity contribution in [2.75, 3.05) is 0 Å². The minimum Gasteiger partial charge on any atom is -0.457 e. The summed E-state index contributed by atoms with van der Waals surface area (Å²) in [5, 5.41) is 0. The lowest BCUT2D eigenvalue weighted by Gasteiger charge is -2.22. The monoisotopic (exact) mass is 465 g/mol. The van der Waals surface area contributed by atoms with Crippen molar-refractivity contribution in [3.8, 4) is 0 Å². The van der Waals surface area contributed by atoms with Gasteiger partial charge in [-0.15, -0.1) is 0 Å². The van der Waals surface area contributed by atoms with Crippen LogP contribution in [0.4, 0.5) is 0 Å². The van der Waals surface area contributed by atoms with Crippen molar-refractivity contribution in [1.82, 2.24) is 4.72 Å². The number of hydrogen-bond acceptors (Lipinski definition) is 4. The van der Waals surface area contributed by atoms with Crippen LogP contribution in [0.2, 0.25) is 0 Å². The SMILES string of the molecule is Cc1cc(C(C)(C)C)cc(C)c1COC(=O)c1cccc(S(=O)(=O)NCc2ccccc2)c1. The van der Waals surface area contributed by atoms with Gasteiger partial charge in [0.25, 0.3) is 0 Å². The number of esters is 1. The van der Waals surface area contributed by atoms with E-state index in [1.165, 1.54) is 17.7 Å². The molecule has 0 aliphatic rings. The molecule has 174 valence electrons. The van der Waals surface area contributed by atoms with Gasteiger partial charge >= 0.3 is 5.97 Å². The lowest BCUT2D eigenvalue weighted by atomic mass is 9.84. The Labute approximate surface area is 196 Å². The van der Waals surface area contributed by atoms with Crippen LogP contribution in [-0.4, -0.2) is 14.4 Å². The summed E-state index contributed by atoms with van der Waals surface area (Å²) in [7, 11) is -3.77. The fourth-order valence-corrected chi connectivity index (χ4v) is 4.59. The Morgan fingerprint density at radius 2 is 1.55 bits per heavy atom. The van der Waals surface area contributed by atoms with Crippen LogP contribution in [0.3, 0.4) is 0 Å². The number of rotatable bonds is 7. The van der Waals surface area contributed by atoms with E-state index in [4.69, 9.17) is 4.74 Å². The molecule has 0 heterocycles. The predicted octanol–water partition coefficient (Wildman–Crippen LogP) is 5.44. The number of carbonyl (C=O) groups excluding carboxylic acids is 1. The van der Waals surface area contributed by atoms with E-state index in [1.807, 2.05) is 44.2 Å². The van der Waals surface area contributed by atoms with Crippen molar-refractivity contribution in [3.05, 3.63) is 100 Å². The van der Waals surface area contributed by atoms with Crippen LogP contribution in [0.15, 0.2) is 71.6 Å². The molecule has 0 saturated carbocycles. The summed E-state index contributed by atoms with van der Waals surface area (Å²) >= 11 is 0. The van der Waals surface area contributed by atoms with Crippen LogP contribution >= 0.6 is 0 Å². The number of aryl methyl sites for hydroxylation is 2. The van der Waals surface area contributed by atoms with E-state index < -0.39 is 16.0 Å². The van der Waals surface area contributed by atoms with Crippen molar-refractivity contribution < 1.29 is 17.9 Å². The Morgan fingerprint density at radius 3 is 2.15 bits per heavy atom. The van der Waals surface area contributed by atoms with Crippen molar-refractivity contribution >= 4 is 16.0 Å². The van der Waals surface area contributed by atoms with Gasteiger partial charge in [0.2, 0.25) is 10.0 Å². The lowest BCUT2D eigenvalue weighted by molar-refractivity contribution is 0.0471. The minimum atomic E-state index is -3.77. The first-order valence-electron chi connectivity index (χ1n) is 10.9. The Bertz CT molecular complexity index is 1220. The topological polar surface area (TPSA) is 72.5 Å². The van der Waals surface area contributed by atoms with Crippen molar-refractivity contribution in [1.29, 1.82) is 0 Å². The molecule has 33 heavy (non-hydrogen) atoms. The molecule has 3 rings (SSSR count). The summed E-state index contributed by atoms with van der Waals surface area (Å²) in [6, 6.07) is 19.4. The number of hydrogen-bond donors (Lipinski definition) is 1. The molecule has 0 unspecified atom stereocenters. The second-order valence-corrected chi connectivity index (χ2v) is 11.0. The molecule has 3 aromatic rings. The van der Waals surface area contributed by atoms with Crippen LogP contribution in [0.5, 0.6) is 0 Å². The van der Waals surface area contributed by atoms with Gasteiger partial charge in [-0.1, -0.05) is 69.3 Å². The van der Waals surface area contributed by atoms with E-state index in [2.05, 4.69) is 37.6 Å². The van der Waals surface area contributed by atoms with Gasteiger partial charge in [0.15, 0.2) is 0 Å². The summed E-state index contributed by atoms with van der Waals surface area (Å²) in [5.74, 6) is -0.561. The molecular weight excluding hydrogens is 434 g/mol. The second kappa shape index (κ2) is 9.89. The number of nitrogens with one attached hydrogen (secondary N) is 1. The molecule has 3 aromatic carbocycles. The van der Waals surface area contributed by atoms with Gasteiger partial charge < -0.3 is 4.74 Å².